The van der Waals surface area contributed by atoms with Crippen molar-refractivity contribution in [2.24, 2.45) is 0 Å². The molecule has 2 nitrogen and oxygen atoms in total. The molecule has 1 aliphatic heterocycles. The average Bonchev–Trinajstić information content (AvgIpc) is 2.79. The monoisotopic (exact) mass is 252 g/mol. The van der Waals surface area contributed by atoms with Gasteiger partial charge in [0.1, 0.15) is 0 Å². The van der Waals surface area contributed by atoms with Gasteiger partial charge in [0.05, 0.1) is 0 Å². The molecule has 3 heteroatoms. The quantitative estimate of drug-likeness (QED) is 0.867. The number of aryl methyl sites for hydroxylation is 1. The minimum absolute atomic E-state index is 0.744. The Hall–Kier alpha value is -0.380. The molecule has 1 fully saturated rings. The van der Waals surface area contributed by atoms with Crippen LogP contribution in [-0.2, 0) is 13.0 Å². The van der Waals surface area contributed by atoms with Crippen LogP contribution in [0.1, 0.15) is 36.6 Å². The maximum Gasteiger partial charge on any atom is 0.0303 e. The minimum atomic E-state index is 0.744. The number of hydrogen-bond donors (Lipinski definition) is 1. The maximum atomic E-state index is 3.63. The first kappa shape index (κ1) is 13.1. The molecule has 0 aromatic carbocycles. The molecule has 1 unspecified atom stereocenters. The fraction of sp³-hybridized carbons (Fsp3) is 0.714. The lowest BCUT2D eigenvalue weighted by Crippen LogP contribution is -2.42. The number of likely N-dealkylation sites (N-methyl/N-ethyl adjacent to an activating group) is 1. The van der Waals surface area contributed by atoms with Gasteiger partial charge in [0.15, 0.2) is 0 Å². The summed E-state index contributed by atoms with van der Waals surface area (Å²) >= 11 is 1.89. The fourth-order valence-electron chi connectivity index (χ4n) is 2.59. The lowest BCUT2D eigenvalue weighted by Gasteiger charge is -2.32. The highest BCUT2D eigenvalue weighted by Crippen LogP contribution is 2.18. The van der Waals surface area contributed by atoms with Crippen LogP contribution < -0.4 is 5.32 Å². The van der Waals surface area contributed by atoms with Gasteiger partial charge in [-0.05, 0) is 49.9 Å². The fourth-order valence-corrected chi connectivity index (χ4v) is 3.54. The Balaban J connectivity index is 1.75. The first-order valence-corrected chi connectivity index (χ1v) is 7.65. The number of piperidine rings is 1. The van der Waals surface area contributed by atoms with E-state index in [1.54, 1.807) is 0 Å². The standard InChI is InChI=1S/C14H24N2S/c1-3-12-7-9-17-14(12)11-15-10-13-6-4-5-8-16(13)2/h7,9,13,15H,3-6,8,10-11H2,1-2H3. The third-order valence-electron chi connectivity index (χ3n) is 3.81. The Morgan fingerprint density at radius 3 is 3.12 bits per heavy atom. The summed E-state index contributed by atoms with van der Waals surface area (Å²) in [5.41, 5.74) is 1.51. The van der Waals surface area contributed by atoms with E-state index in [0.717, 1.165) is 25.6 Å². The van der Waals surface area contributed by atoms with E-state index in [-0.39, 0.29) is 0 Å². The molecule has 1 aliphatic rings. The molecule has 2 heterocycles. The Morgan fingerprint density at radius 2 is 2.35 bits per heavy atom. The first-order valence-electron chi connectivity index (χ1n) is 6.77. The highest BCUT2D eigenvalue weighted by Gasteiger charge is 2.18. The van der Waals surface area contributed by atoms with Gasteiger partial charge in [-0.25, -0.2) is 0 Å². The van der Waals surface area contributed by atoms with Crippen molar-refractivity contribution in [3.05, 3.63) is 21.9 Å². The van der Waals surface area contributed by atoms with Crippen LogP contribution in [0.4, 0.5) is 0 Å². The van der Waals surface area contributed by atoms with Gasteiger partial charge in [-0.2, -0.15) is 0 Å². The van der Waals surface area contributed by atoms with E-state index in [4.69, 9.17) is 0 Å². The number of rotatable bonds is 5. The highest BCUT2D eigenvalue weighted by atomic mass is 32.1. The van der Waals surface area contributed by atoms with Crippen molar-refractivity contribution < 1.29 is 0 Å². The number of nitrogens with zero attached hydrogens (tertiary/aromatic N) is 1. The lowest BCUT2D eigenvalue weighted by molar-refractivity contribution is 0.181. The third kappa shape index (κ3) is 3.54. The van der Waals surface area contributed by atoms with Crippen molar-refractivity contribution in [2.45, 2.75) is 45.2 Å². The van der Waals surface area contributed by atoms with Crippen molar-refractivity contribution in [1.29, 1.82) is 0 Å². The number of hydrogen-bond acceptors (Lipinski definition) is 3. The van der Waals surface area contributed by atoms with Gasteiger partial charge in [0, 0.05) is 24.0 Å². The number of likely N-dealkylation sites (tertiary alicyclic amines) is 1. The van der Waals surface area contributed by atoms with E-state index in [9.17, 15) is 0 Å². The van der Waals surface area contributed by atoms with Crippen LogP contribution in [0.25, 0.3) is 0 Å². The molecule has 17 heavy (non-hydrogen) atoms. The molecule has 1 N–H and O–H groups in total. The summed E-state index contributed by atoms with van der Waals surface area (Å²) in [4.78, 5) is 4.03. The van der Waals surface area contributed by atoms with E-state index in [1.807, 2.05) is 11.3 Å². The molecule has 0 saturated carbocycles. The number of thiophene rings is 1. The van der Waals surface area contributed by atoms with Gasteiger partial charge in [-0.15, -0.1) is 11.3 Å². The van der Waals surface area contributed by atoms with Crippen molar-refractivity contribution >= 4 is 11.3 Å². The summed E-state index contributed by atoms with van der Waals surface area (Å²) in [6.45, 7) is 5.69. The van der Waals surface area contributed by atoms with Crippen molar-refractivity contribution in [1.82, 2.24) is 10.2 Å². The molecule has 0 spiro atoms. The molecule has 0 bridgehead atoms. The van der Waals surface area contributed by atoms with Gasteiger partial charge in [0.25, 0.3) is 0 Å². The molecule has 1 saturated heterocycles. The summed E-state index contributed by atoms with van der Waals surface area (Å²) in [6, 6.07) is 3.00. The summed E-state index contributed by atoms with van der Waals surface area (Å²) in [6.07, 6.45) is 5.28. The van der Waals surface area contributed by atoms with E-state index in [1.165, 1.54) is 36.2 Å². The second kappa shape index (κ2) is 6.53. The van der Waals surface area contributed by atoms with Crippen LogP contribution in [0.3, 0.4) is 0 Å². The minimum Gasteiger partial charge on any atom is -0.310 e. The smallest absolute Gasteiger partial charge is 0.0303 e. The maximum absolute atomic E-state index is 3.63. The Labute approximate surface area is 109 Å². The van der Waals surface area contributed by atoms with E-state index in [2.05, 4.69) is 35.6 Å². The molecule has 1 atom stereocenters. The molecule has 2 rings (SSSR count). The zero-order valence-corrected chi connectivity index (χ0v) is 11.9. The zero-order chi connectivity index (χ0) is 12.1. The predicted octanol–water partition coefficient (Wildman–Crippen LogP) is 2.88. The molecule has 0 amide bonds. The van der Waals surface area contributed by atoms with Gasteiger partial charge in [0.2, 0.25) is 0 Å². The Morgan fingerprint density at radius 1 is 1.47 bits per heavy atom. The Bertz CT molecular complexity index is 335. The van der Waals surface area contributed by atoms with Crippen LogP contribution in [0, 0.1) is 0 Å². The summed E-state index contributed by atoms with van der Waals surface area (Å²) in [5.74, 6) is 0. The summed E-state index contributed by atoms with van der Waals surface area (Å²) < 4.78 is 0. The van der Waals surface area contributed by atoms with Crippen molar-refractivity contribution in [2.75, 3.05) is 20.1 Å². The van der Waals surface area contributed by atoms with Crippen LogP contribution in [0.5, 0.6) is 0 Å². The van der Waals surface area contributed by atoms with Crippen LogP contribution in [0.2, 0.25) is 0 Å². The van der Waals surface area contributed by atoms with Crippen molar-refractivity contribution in [3.63, 3.8) is 0 Å². The van der Waals surface area contributed by atoms with Crippen molar-refractivity contribution in [3.8, 4) is 0 Å². The molecular formula is C14H24N2S. The molecular weight excluding hydrogens is 228 g/mol. The predicted molar refractivity (Wildman–Crippen MR) is 75.7 cm³/mol. The topological polar surface area (TPSA) is 15.3 Å². The lowest BCUT2D eigenvalue weighted by atomic mass is 10.0. The second-order valence-electron chi connectivity index (χ2n) is 4.98. The number of nitrogens with one attached hydrogen (secondary N) is 1. The van der Waals surface area contributed by atoms with E-state index in [0.29, 0.717) is 0 Å². The molecule has 96 valence electrons. The second-order valence-corrected chi connectivity index (χ2v) is 5.98. The molecule has 0 aliphatic carbocycles. The van der Waals surface area contributed by atoms with Crippen LogP contribution in [0.15, 0.2) is 11.4 Å². The van der Waals surface area contributed by atoms with Gasteiger partial charge < -0.3 is 10.2 Å². The average molecular weight is 252 g/mol. The van der Waals surface area contributed by atoms with Gasteiger partial charge in [-0.1, -0.05) is 13.3 Å². The van der Waals surface area contributed by atoms with Gasteiger partial charge in [-0.3, -0.25) is 0 Å². The van der Waals surface area contributed by atoms with E-state index < -0.39 is 0 Å². The van der Waals surface area contributed by atoms with Crippen LogP contribution in [-0.4, -0.2) is 31.1 Å². The molecule has 1 aromatic rings. The first-order chi connectivity index (χ1) is 8.31. The SMILES string of the molecule is CCc1ccsc1CNCC1CCCCN1C. The third-order valence-corrected chi connectivity index (χ3v) is 4.77. The largest absolute Gasteiger partial charge is 0.310 e. The summed E-state index contributed by atoms with van der Waals surface area (Å²) in [7, 11) is 2.26. The molecule has 0 radical (unpaired) electrons. The highest BCUT2D eigenvalue weighted by molar-refractivity contribution is 7.10. The van der Waals surface area contributed by atoms with Crippen LogP contribution >= 0.6 is 11.3 Å². The van der Waals surface area contributed by atoms with Gasteiger partial charge >= 0.3 is 0 Å². The summed E-state index contributed by atoms with van der Waals surface area (Å²) in [5, 5.41) is 5.84. The Kier molecular flexibility index (Phi) is 5.01. The zero-order valence-electron chi connectivity index (χ0n) is 11.0. The molecule has 1 aromatic heterocycles. The van der Waals surface area contributed by atoms with E-state index >= 15 is 0 Å². The normalized spacial score (nSPS) is 21.9.